The van der Waals surface area contributed by atoms with Crippen molar-refractivity contribution in [1.29, 1.82) is 0 Å². The smallest absolute Gasteiger partial charge is 0.309 e. The second-order valence-electron chi connectivity index (χ2n) is 10.0. The van der Waals surface area contributed by atoms with Gasteiger partial charge in [0, 0.05) is 0 Å². The molecule has 0 heterocycles. The van der Waals surface area contributed by atoms with Gasteiger partial charge in [0.2, 0.25) is 0 Å². The molecule has 0 saturated heterocycles. The number of aliphatic carboxylic acids is 1. The molecule has 130 valence electrons. The summed E-state index contributed by atoms with van der Waals surface area (Å²) in [7, 11) is 0. The number of fused-ring (bicyclic) bond motifs is 3. The molecular weight excluding hydrogens is 288 g/mol. The van der Waals surface area contributed by atoms with Crippen LogP contribution in [0.2, 0.25) is 0 Å². The van der Waals surface area contributed by atoms with Crippen LogP contribution in [0.5, 0.6) is 0 Å². The second kappa shape index (κ2) is 4.53. The van der Waals surface area contributed by atoms with Crippen LogP contribution in [-0.2, 0) is 4.79 Å². The van der Waals surface area contributed by atoms with E-state index in [1.165, 1.54) is 6.42 Å². The van der Waals surface area contributed by atoms with Gasteiger partial charge in [-0.15, -0.1) is 0 Å². The van der Waals surface area contributed by atoms with Crippen molar-refractivity contribution < 1.29 is 15.0 Å². The van der Waals surface area contributed by atoms with Gasteiger partial charge in [-0.1, -0.05) is 20.3 Å². The summed E-state index contributed by atoms with van der Waals surface area (Å²) >= 11 is 0. The molecule has 0 radical (unpaired) electrons. The predicted molar refractivity (Wildman–Crippen MR) is 88.9 cm³/mol. The molecule has 4 saturated carbocycles. The third-order valence-corrected chi connectivity index (χ3v) is 9.09. The highest BCUT2D eigenvalue weighted by atomic mass is 16.4. The van der Waals surface area contributed by atoms with Crippen LogP contribution in [0.1, 0.15) is 78.6 Å². The lowest BCUT2D eigenvalue weighted by Gasteiger charge is -2.63. The summed E-state index contributed by atoms with van der Waals surface area (Å²) < 4.78 is 0. The number of hydrogen-bond donors (Lipinski definition) is 2. The summed E-state index contributed by atoms with van der Waals surface area (Å²) in [6, 6.07) is 0. The minimum Gasteiger partial charge on any atom is -0.481 e. The largest absolute Gasteiger partial charge is 0.481 e. The lowest BCUT2D eigenvalue weighted by molar-refractivity contribution is -0.186. The van der Waals surface area contributed by atoms with Crippen molar-refractivity contribution in [2.45, 2.75) is 84.2 Å². The van der Waals surface area contributed by atoms with E-state index in [9.17, 15) is 15.0 Å². The molecule has 7 atom stereocenters. The first-order chi connectivity index (χ1) is 10.7. The number of carboxylic acid groups (broad SMARTS) is 1. The fourth-order valence-electron chi connectivity index (χ4n) is 8.02. The van der Waals surface area contributed by atoms with Gasteiger partial charge in [-0.2, -0.15) is 0 Å². The van der Waals surface area contributed by atoms with Crippen LogP contribution >= 0.6 is 0 Å². The summed E-state index contributed by atoms with van der Waals surface area (Å²) in [5.74, 6) is 0.732. The summed E-state index contributed by atoms with van der Waals surface area (Å²) in [6.07, 6.45) is 9.38. The fourth-order valence-corrected chi connectivity index (χ4v) is 8.02. The average Bonchev–Trinajstić information content (AvgIpc) is 2.63. The molecule has 0 aromatic heterocycles. The van der Waals surface area contributed by atoms with Crippen molar-refractivity contribution in [1.82, 2.24) is 0 Å². The number of carbonyl (C=O) groups is 1. The first-order valence-electron chi connectivity index (χ1n) is 9.62. The Balaban J connectivity index is 1.74. The zero-order valence-corrected chi connectivity index (χ0v) is 14.9. The van der Waals surface area contributed by atoms with Gasteiger partial charge >= 0.3 is 5.97 Å². The highest BCUT2D eigenvalue weighted by molar-refractivity contribution is 5.75. The maximum absolute atomic E-state index is 12.1. The van der Waals surface area contributed by atoms with Gasteiger partial charge in [-0.05, 0) is 86.9 Å². The van der Waals surface area contributed by atoms with Crippen molar-refractivity contribution in [2.75, 3.05) is 0 Å². The number of carboxylic acids is 1. The molecule has 0 amide bonds. The topological polar surface area (TPSA) is 57.5 Å². The molecule has 4 rings (SSSR count). The Kier molecular flexibility index (Phi) is 3.14. The minimum atomic E-state index is -0.587. The Bertz CT molecular complexity index is 545. The summed E-state index contributed by atoms with van der Waals surface area (Å²) in [5, 5.41) is 20.9. The van der Waals surface area contributed by atoms with Gasteiger partial charge in [0.05, 0.1) is 11.0 Å². The molecule has 4 aliphatic rings. The Labute approximate surface area is 139 Å². The highest BCUT2D eigenvalue weighted by Crippen LogP contribution is 2.72. The molecule has 0 aromatic rings. The molecule has 0 aromatic carbocycles. The Morgan fingerprint density at radius 2 is 1.74 bits per heavy atom. The van der Waals surface area contributed by atoms with E-state index in [2.05, 4.69) is 13.8 Å². The molecule has 2 N–H and O–H groups in total. The van der Waals surface area contributed by atoms with E-state index in [1.807, 2.05) is 6.92 Å². The van der Waals surface area contributed by atoms with Crippen LogP contribution < -0.4 is 0 Å². The maximum atomic E-state index is 12.1. The molecule has 3 nitrogen and oxygen atoms in total. The predicted octanol–water partition coefficient (Wildman–Crippen LogP) is 4.23. The van der Waals surface area contributed by atoms with Crippen molar-refractivity contribution >= 4 is 5.97 Å². The first kappa shape index (κ1) is 15.9. The average molecular weight is 320 g/mol. The SMILES string of the molecule is C[C@H]1CC23CC[C@@H]4C(C)(C(=O)O)CCCC4(C)[C@@H]2CCC1(O)C3. The van der Waals surface area contributed by atoms with Crippen LogP contribution in [0, 0.1) is 34.0 Å². The normalized spacial score (nSPS) is 58.3. The Hall–Kier alpha value is -0.570. The van der Waals surface area contributed by atoms with Gasteiger partial charge in [0.15, 0.2) is 0 Å². The van der Waals surface area contributed by atoms with Gasteiger partial charge in [-0.25, -0.2) is 0 Å². The van der Waals surface area contributed by atoms with Gasteiger partial charge < -0.3 is 10.2 Å². The van der Waals surface area contributed by atoms with Gasteiger partial charge in [0.25, 0.3) is 0 Å². The number of aliphatic hydroxyl groups is 1. The van der Waals surface area contributed by atoms with E-state index in [0.29, 0.717) is 17.8 Å². The zero-order valence-electron chi connectivity index (χ0n) is 14.9. The van der Waals surface area contributed by atoms with E-state index in [-0.39, 0.29) is 10.8 Å². The van der Waals surface area contributed by atoms with Gasteiger partial charge in [-0.3, -0.25) is 4.79 Å². The van der Waals surface area contributed by atoms with E-state index >= 15 is 0 Å². The molecule has 0 aliphatic heterocycles. The molecule has 4 unspecified atom stereocenters. The van der Waals surface area contributed by atoms with E-state index < -0.39 is 17.0 Å². The quantitative estimate of drug-likeness (QED) is 0.760. The molecule has 4 aliphatic carbocycles. The molecule has 4 fully saturated rings. The standard InChI is InChI=1S/C20H32O3/c1-13-11-19-9-5-14-17(2,7-4-8-18(14,3)16(21)22)15(19)6-10-20(13,23)12-19/h13-15,23H,4-12H2,1-3H3,(H,21,22)/t13-,14-,15-,17?,18?,19?,20?/m0/s1. The third-order valence-electron chi connectivity index (χ3n) is 9.09. The van der Waals surface area contributed by atoms with Gasteiger partial charge in [0.1, 0.15) is 0 Å². The summed E-state index contributed by atoms with van der Waals surface area (Å²) in [6.45, 7) is 6.64. The van der Waals surface area contributed by atoms with Crippen LogP contribution in [0.25, 0.3) is 0 Å². The van der Waals surface area contributed by atoms with Crippen molar-refractivity contribution in [3.8, 4) is 0 Å². The van der Waals surface area contributed by atoms with Crippen LogP contribution in [-0.4, -0.2) is 21.8 Å². The second-order valence-corrected chi connectivity index (χ2v) is 10.0. The first-order valence-corrected chi connectivity index (χ1v) is 9.62. The molecule has 23 heavy (non-hydrogen) atoms. The lowest BCUT2D eigenvalue weighted by atomic mass is 9.41. The molecule has 2 bridgehead atoms. The fraction of sp³-hybridized carbons (Fsp3) is 0.950. The Morgan fingerprint density at radius 1 is 1.04 bits per heavy atom. The van der Waals surface area contributed by atoms with E-state index in [1.54, 1.807) is 0 Å². The van der Waals surface area contributed by atoms with Crippen LogP contribution in [0.3, 0.4) is 0 Å². The van der Waals surface area contributed by atoms with Crippen molar-refractivity contribution in [2.24, 2.45) is 34.0 Å². The minimum absolute atomic E-state index is 0.148. The van der Waals surface area contributed by atoms with Crippen LogP contribution in [0.15, 0.2) is 0 Å². The number of hydrogen-bond acceptors (Lipinski definition) is 2. The summed E-state index contributed by atoms with van der Waals surface area (Å²) in [5.41, 5.74) is -0.555. The van der Waals surface area contributed by atoms with E-state index in [4.69, 9.17) is 0 Å². The zero-order chi connectivity index (χ0) is 16.7. The molecule has 3 heteroatoms. The maximum Gasteiger partial charge on any atom is 0.309 e. The Morgan fingerprint density at radius 3 is 2.43 bits per heavy atom. The molecular formula is C20H32O3. The highest BCUT2D eigenvalue weighted by Gasteiger charge is 2.68. The van der Waals surface area contributed by atoms with Crippen molar-refractivity contribution in [3.05, 3.63) is 0 Å². The van der Waals surface area contributed by atoms with Crippen molar-refractivity contribution in [3.63, 3.8) is 0 Å². The van der Waals surface area contributed by atoms with Crippen LogP contribution in [0.4, 0.5) is 0 Å². The lowest BCUT2D eigenvalue weighted by Crippen LogP contribution is -2.59. The third kappa shape index (κ3) is 1.83. The van der Waals surface area contributed by atoms with E-state index in [0.717, 1.165) is 51.4 Å². The number of rotatable bonds is 1. The monoisotopic (exact) mass is 320 g/mol. The molecule has 1 spiro atoms. The summed E-state index contributed by atoms with van der Waals surface area (Å²) in [4.78, 5) is 12.1.